The highest BCUT2D eigenvalue weighted by Crippen LogP contribution is 2.40. The Labute approximate surface area is 103 Å². The molecule has 2 aliphatic rings. The summed E-state index contributed by atoms with van der Waals surface area (Å²) in [7, 11) is 0. The van der Waals surface area contributed by atoms with Gasteiger partial charge in [0.05, 0.1) is 19.6 Å². The van der Waals surface area contributed by atoms with Gasteiger partial charge in [0, 0.05) is 18.6 Å². The third kappa shape index (κ3) is 3.19. The Hall–Kier alpha value is -0.610. The van der Waals surface area contributed by atoms with Crippen LogP contribution in [-0.2, 0) is 9.53 Å². The third-order valence-electron chi connectivity index (χ3n) is 4.09. The summed E-state index contributed by atoms with van der Waals surface area (Å²) in [4.78, 5) is 13.3. The first kappa shape index (κ1) is 12.8. The zero-order valence-electron chi connectivity index (χ0n) is 10.8. The van der Waals surface area contributed by atoms with Crippen LogP contribution in [0.1, 0.15) is 39.5 Å². The average molecular weight is 241 g/mol. The minimum atomic E-state index is -0.720. The zero-order valence-corrected chi connectivity index (χ0v) is 10.8. The predicted molar refractivity (Wildman–Crippen MR) is 65.0 cm³/mol. The van der Waals surface area contributed by atoms with E-state index < -0.39 is 5.97 Å². The lowest BCUT2D eigenvalue weighted by atomic mass is 9.91. The maximum Gasteiger partial charge on any atom is 0.305 e. The number of aliphatic carboxylic acids is 1. The summed E-state index contributed by atoms with van der Waals surface area (Å²) in [6.07, 6.45) is 3.83. The van der Waals surface area contributed by atoms with E-state index in [-0.39, 0.29) is 12.5 Å². The van der Waals surface area contributed by atoms with E-state index >= 15 is 0 Å². The Morgan fingerprint density at radius 1 is 1.53 bits per heavy atom. The predicted octanol–water partition coefficient (Wildman–Crippen LogP) is 1.74. The van der Waals surface area contributed by atoms with Crippen molar-refractivity contribution in [3.05, 3.63) is 0 Å². The average Bonchev–Trinajstić information content (AvgIpc) is 2.59. The first-order valence-electron chi connectivity index (χ1n) is 6.53. The molecule has 98 valence electrons. The maximum atomic E-state index is 10.9. The Morgan fingerprint density at radius 3 is 2.88 bits per heavy atom. The Morgan fingerprint density at radius 2 is 2.29 bits per heavy atom. The second-order valence-electron chi connectivity index (χ2n) is 6.13. The van der Waals surface area contributed by atoms with Crippen molar-refractivity contribution in [2.75, 3.05) is 19.8 Å². The first-order chi connectivity index (χ1) is 7.98. The van der Waals surface area contributed by atoms with Crippen LogP contribution >= 0.6 is 0 Å². The number of hydrogen-bond acceptors (Lipinski definition) is 3. The van der Waals surface area contributed by atoms with Crippen LogP contribution in [0, 0.1) is 5.41 Å². The number of carboxylic acids is 1. The quantitative estimate of drug-likeness (QED) is 0.817. The van der Waals surface area contributed by atoms with Crippen molar-refractivity contribution in [3.63, 3.8) is 0 Å². The van der Waals surface area contributed by atoms with Crippen molar-refractivity contribution >= 4 is 5.97 Å². The first-order valence-corrected chi connectivity index (χ1v) is 6.53. The van der Waals surface area contributed by atoms with E-state index in [1.54, 1.807) is 0 Å². The van der Waals surface area contributed by atoms with Crippen molar-refractivity contribution < 1.29 is 14.6 Å². The van der Waals surface area contributed by atoms with Crippen LogP contribution < -0.4 is 0 Å². The standard InChI is InChI=1S/C13H23NO3/c1-13(2)4-3-10(8-13)14-5-6-17-9-11(14)7-12(15)16/h10-11H,3-9H2,1-2H3,(H,15,16). The normalized spacial score (nSPS) is 33.8. The number of nitrogens with zero attached hydrogens (tertiary/aromatic N) is 1. The molecular weight excluding hydrogens is 218 g/mol. The van der Waals surface area contributed by atoms with Gasteiger partial charge in [0.1, 0.15) is 0 Å². The number of hydrogen-bond donors (Lipinski definition) is 1. The molecule has 1 N–H and O–H groups in total. The molecule has 2 fully saturated rings. The minimum Gasteiger partial charge on any atom is -0.481 e. The van der Waals surface area contributed by atoms with Crippen LogP contribution in [0.25, 0.3) is 0 Å². The molecule has 0 amide bonds. The van der Waals surface area contributed by atoms with E-state index in [9.17, 15) is 4.79 Å². The third-order valence-corrected chi connectivity index (χ3v) is 4.09. The van der Waals surface area contributed by atoms with E-state index in [0.29, 0.717) is 18.1 Å². The van der Waals surface area contributed by atoms with Crippen LogP contribution in [0.3, 0.4) is 0 Å². The van der Waals surface area contributed by atoms with Crippen LogP contribution in [0.5, 0.6) is 0 Å². The topological polar surface area (TPSA) is 49.8 Å². The molecule has 1 saturated heterocycles. The largest absolute Gasteiger partial charge is 0.481 e. The van der Waals surface area contributed by atoms with E-state index in [2.05, 4.69) is 18.7 Å². The fourth-order valence-electron chi connectivity index (χ4n) is 3.21. The smallest absolute Gasteiger partial charge is 0.305 e. The molecule has 1 saturated carbocycles. The van der Waals surface area contributed by atoms with Crippen molar-refractivity contribution in [3.8, 4) is 0 Å². The van der Waals surface area contributed by atoms with Crippen molar-refractivity contribution in [2.45, 2.75) is 51.6 Å². The number of carboxylic acid groups (broad SMARTS) is 1. The molecule has 0 aromatic carbocycles. The van der Waals surface area contributed by atoms with Crippen molar-refractivity contribution in [1.29, 1.82) is 0 Å². The summed E-state index contributed by atoms with van der Waals surface area (Å²) in [6, 6.07) is 0.624. The molecule has 2 rings (SSSR count). The molecule has 4 nitrogen and oxygen atoms in total. The monoisotopic (exact) mass is 241 g/mol. The molecule has 0 bridgehead atoms. The van der Waals surface area contributed by atoms with Gasteiger partial charge in [0.15, 0.2) is 0 Å². The highest BCUT2D eigenvalue weighted by atomic mass is 16.5. The number of ether oxygens (including phenoxy) is 1. The van der Waals surface area contributed by atoms with Gasteiger partial charge in [-0.1, -0.05) is 13.8 Å². The SMILES string of the molecule is CC1(C)CCC(N2CCOCC2CC(=O)O)C1. The van der Waals surface area contributed by atoms with E-state index in [1.165, 1.54) is 19.3 Å². The van der Waals surface area contributed by atoms with Gasteiger partial charge < -0.3 is 9.84 Å². The van der Waals surface area contributed by atoms with E-state index in [1.807, 2.05) is 0 Å². The lowest BCUT2D eigenvalue weighted by Gasteiger charge is -2.39. The van der Waals surface area contributed by atoms with Crippen LogP contribution in [0.15, 0.2) is 0 Å². The van der Waals surface area contributed by atoms with Crippen LogP contribution in [0.2, 0.25) is 0 Å². The van der Waals surface area contributed by atoms with Gasteiger partial charge in [0.25, 0.3) is 0 Å². The molecule has 2 unspecified atom stereocenters. The molecule has 1 aliphatic carbocycles. The number of carbonyl (C=O) groups is 1. The fraction of sp³-hybridized carbons (Fsp3) is 0.923. The van der Waals surface area contributed by atoms with Gasteiger partial charge in [-0.25, -0.2) is 0 Å². The molecule has 0 radical (unpaired) electrons. The lowest BCUT2D eigenvalue weighted by Crippen LogP contribution is -2.51. The van der Waals surface area contributed by atoms with Gasteiger partial charge >= 0.3 is 5.97 Å². The number of morpholine rings is 1. The molecule has 1 heterocycles. The fourth-order valence-corrected chi connectivity index (χ4v) is 3.21. The number of rotatable bonds is 3. The van der Waals surface area contributed by atoms with Crippen molar-refractivity contribution in [1.82, 2.24) is 4.90 Å². The van der Waals surface area contributed by atoms with Crippen LogP contribution in [0.4, 0.5) is 0 Å². The lowest BCUT2D eigenvalue weighted by molar-refractivity contribution is -0.140. The van der Waals surface area contributed by atoms with E-state index in [4.69, 9.17) is 9.84 Å². The van der Waals surface area contributed by atoms with Gasteiger partial charge in [-0.2, -0.15) is 0 Å². The molecule has 4 heteroatoms. The van der Waals surface area contributed by atoms with E-state index in [0.717, 1.165) is 13.2 Å². The van der Waals surface area contributed by atoms with Crippen molar-refractivity contribution in [2.24, 2.45) is 5.41 Å². The summed E-state index contributed by atoms with van der Waals surface area (Å²) >= 11 is 0. The van der Waals surface area contributed by atoms with Gasteiger partial charge in [-0.15, -0.1) is 0 Å². The highest BCUT2D eigenvalue weighted by Gasteiger charge is 2.38. The maximum absolute atomic E-state index is 10.9. The minimum absolute atomic E-state index is 0.0696. The van der Waals surface area contributed by atoms with Crippen LogP contribution in [-0.4, -0.2) is 47.8 Å². The summed E-state index contributed by atoms with van der Waals surface area (Å²) < 4.78 is 5.42. The Balaban J connectivity index is 1.99. The summed E-state index contributed by atoms with van der Waals surface area (Å²) in [5, 5.41) is 8.95. The van der Waals surface area contributed by atoms with Gasteiger partial charge in [0.2, 0.25) is 0 Å². The summed E-state index contributed by atoms with van der Waals surface area (Å²) in [6.45, 7) is 6.81. The van der Waals surface area contributed by atoms with Gasteiger partial charge in [-0.05, 0) is 24.7 Å². The molecule has 2 atom stereocenters. The molecule has 0 aromatic heterocycles. The second-order valence-corrected chi connectivity index (χ2v) is 6.13. The molecule has 1 aliphatic heterocycles. The summed E-state index contributed by atoms with van der Waals surface area (Å²) in [5.74, 6) is -0.720. The molecule has 0 spiro atoms. The Kier molecular flexibility index (Phi) is 3.73. The Bertz CT molecular complexity index is 290. The zero-order chi connectivity index (χ0) is 12.5. The molecule has 17 heavy (non-hydrogen) atoms. The highest BCUT2D eigenvalue weighted by molar-refractivity contribution is 5.67. The molecule has 0 aromatic rings. The second kappa shape index (κ2) is 4.94. The van der Waals surface area contributed by atoms with Gasteiger partial charge in [-0.3, -0.25) is 9.69 Å². The molecular formula is C13H23NO3. The summed E-state index contributed by atoms with van der Waals surface area (Å²) in [5.41, 5.74) is 0.413.